The van der Waals surface area contributed by atoms with E-state index in [4.69, 9.17) is 0 Å². The molecule has 1 atom stereocenters. The van der Waals surface area contributed by atoms with Gasteiger partial charge >= 0.3 is 0 Å². The van der Waals surface area contributed by atoms with Crippen LogP contribution in [0, 0.1) is 5.92 Å². The van der Waals surface area contributed by atoms with Crippen molar-refractivity contribution < 1.29 is 13.2 Å². The Balaban J connectivity index is 1.53. The van der Waals surface area contributed by atoms with Crippen LogP contribution in [0.2, 0.25) is 0 Å². The van der Waals surface area contributed by atoms with Crippen molar-refractivity contribution in [2.75, 3.05) is 17.3 Å². The van der Waals surface area contributed by atoms with E-state index in [-0.39, 0.29) is 23.3 Å². The van der Waals surface area contributed by atoms with Crippen molar-refractivity contribution in [3.63, 3.8) is 0 Å². The molecule has 2 aliphatic rings. The molecule has 1 saturated carbocycles. The number of sulfone groups is 1. The van der Waals surface area contributed by atoms with Crippen LogP contribution in [-0.4, -0.2) is 52.4 Å². The third kappa shape index (κ3) is 4.01. The summed E-state index contributed by atoms with van der Waals surface area (Å²) in [6.07, 6.45) is 3.47. The highest BCUT2D eigenvalue weighted by atomic mass is 32.2. The summed E-state index contributed by atoms with van der Waals surface area (Å²) in [5.74, 6) is 1.79. The molecular weight excluding hydrogens is 324 g/mol. The second-order valence-electron chi connectivity index (χ2n) is 6.06. The zero-order valence-corrected chi connectivity index (χ0v) is 14.1. The molecule has 22 heavy (non-hydrogen) atoms. The summed E-state index contributed by atoms with van der Waals surface area (Å²) in [7, 11) is -1.00. The Labute approximate surface area is 134 Å². The lowest BCUT2D eigenvalue weighted by Crippen LogP contribution is -2.27. The Morgan fingerprint density at radius 2 is 2.14 bits per heavy atom. The molecular formula is C13H20N4O3S2. The molecule has 1 aliphatic heterocycles. The van der Waals surface area contributed by atoms with E-state index >= 15 is 0 Å². The fourth-order valence-electron chi connectivity index (χ4n) is 2.57. The maximum atomic E-state index is 11.7. The van der Waals surface area contributed by atoms with Crippen molar-refractivity contribution in [2.45, 2.75) is 36.9 Å². The van der Waals surface area contributed by atoms with Gasteiger partial charge in [-0.1, -0.05) is 11.8 Å². The van der Waals surface area contributed by atoms with Crippen LogP contribution in [0.5, 0.6) is 0 Å². The largest absolute Gasteiger partial charge is 0.353 e. The molecule has 122 valence electrons. The molecule has 1 aliphatic carbocycles. The lowest BCUT2D eigenvalue weighted by molar-refractivity contribution is -0.118. The standard InChI is InChI=1S/C13H20N4O3S2/c1-17-11(6-9-4-5-22(19,20)8-9)15-16-13(17)21-7-12(18)14-10-2-3-10/h9-10H,2-8H2,1H3,(H,14,18)/t9-/m0/s1. The van der Waals surface area contributed by atoms with Gasteiger partial charge in [-0.05, 0) is 25.2 Å². The van der Waals surface area contributed by atoms with E-state index in [2.05, 4.69) is 15.5 Å². The van der Waals surface area contributed by atoms with Gasteiger partial charge in [-0.15, -0.1) is 10.2 Å². The highest BCUT2D eigenvalue weighted by Crippen LogP contribution is 2.24. The number of nitrogens with one attached hydrogen (secondary N) is 1. The normalized spacial score (nSPS) is 23.6. The van der Waals surface area contributed by atoms with Gasteiger partial charge in [0.1, 0.15) is 5.82 Å². The number of carbonyl (C=O) groups is 1. The summed E-state index contributed by atoms with van der Waals surface area (Å²) in [6, 6.07) is 0.368. The average Bonchev–Trinajstić information content (AvgIpc) is 3.10. The van der Waals surface area contributed by atoms with Crippen LogP contribution in [0.3, 0.4) is 0 Å². The summed E-state index contributed by atoms with van der Waals surface area (Å²) in [5, 5.41) is 11.9. The van der Waals surface area contributed by atoms with Crippen molar-refractivity contribution >= 4 is 27.5 Å². The summed E-state index contributed by atoms with van der Waals surface area (Å²) >= 11 is 1.36. The molecule has 9 heteroatoms. The topological polar surface area (TPSA) is 93.9 Å². The highest BCUT2D eigenvalue weighted by molar-refractivity contribution is 7.99. The molecule has 1 saturated heterocycles. The minimum atomic E-state index is -2.86. The third-order valence-corrected chi connectivity index (χ3v) is 6.86. The number of thioether (sulfide) groups is 1. The number of amides is 1. The van der Waals surface area contributed by atoms with Crippen molar-refractivity contribution in [3.05, 3.63) is 5.82 Å². The molecule has 2 heterocycles. The number of hydrogen-bond acceptors (Lipinski definition) is 6. The van der Waals surface area contributed by atoms with Crippen molar-refractivity contribution in [3.8, 4) is 0 Å². The average molecular weight is 344 g/mol. The summed E-state index contributed by atoms with van der Waals surface area (Å²) in [5.41, 5.74) is 0. The summed E-state index contributed by atoms with van der Waals surface area (Å²) in [4.78, 5) is 11.7. The smallest absolute Gasteiger partial charge is 0.230 e. The van der Waals surface area contributed by atoms with Gasteiger partial charge < -0.3 is 9.88 Å². The molecule has 0 unspecified atom stereocenters. The predicted molar refractivity (Wildman–Crippen MR) is 83.4 cm³/mol. The van der Waals surface area contributed by atoms with Crippen molar-refractivity contribution in [2.24, 2.45) is 13.0 Å². The second kappa shape index (κ2) is 6.19. The van der Waals surface area contributed by atoms with Crippen LogP contribution in [0.25, 0.3) is 0 Å². The fraction of sp³-hybridized carbons (Fsp3) is 0.769. The van der Waals surface area contributed by atoms with E-state index < -0.39 is 9.84 Å². The molecule has 1 N–H and O–H groups in total. The first-order valence-corrected chi connectivity index (χ1v) is 10.2. The highest BCUT2D eigenvalue weighted by Gasteiger charge is 2.29. The van der Waals surface area contributed by atoms with E-state index in [0.717, 1.165) is 18.7 Å². The van der Waals surface area contributed by atoms with Gasteiger partial charge in [0.2, 0.25) is 5.91 Å². The van der Waals surface area contributed by atoms with E-state index in [0.29, 0.717) is 29.8 Å². The van der Waals surface area contributed by atoms with Gasteiger partial charge in [0.15, 0.2) is 15.0 Å². The number of hydrogen-bond donors (Lipinski definition) is 1. The van der Waals surface area contributed by atoms with Crippen LogP contribution in [0.1, 0.15) is 25.1 Å². The van der Waals surface area contributed by atoms with Crippen LogP contribution < -0.4 is 5.32 Å². The van der Waals surface area contributed by atoms with Gasteiger partial charge in [0.25, 0.3) is 0 Å². The molecule has 0 spiro atoms. The Bertz CT molecular complexity index is 667. The zero-order valence-electron chi connectivity index (χ0n) is 12.5. The van der Waals surface area contributed by atoms with E-state index in [1.165, 1.54) is 11.8 Å². The quantitative estimate of drug-likeness (QED) is 0.739. The van der Waals surface area contributed by atoms with Gasteiger partial charge in [-0.3, -0.25) is 4.79 Å². The summed E-state index contributed by atoms with van der Waals surface area (Å²) in [6.45, 7) is 0. The molecule has 1 aromatic heterocycles. The Hall–Kier alpha value is -1.09. The second-order valence-corrected chi connectivity index (χ2v) is 9.23. The fourth-order valence-corrected chi connectivity index (χ4v) is 5.17. The first kappa shape index (κ1) is 15.8. The first-order chi connectivity index (χ1) is 10.4. The Morgan fingerprint density at radius 3 is 2.77 bits per heavy atom. The van der Waals surface area contributed by atoms with Crippen molar-refractivity contribution in [1.82, 2.24) is 20.1 Å². The molecule has 0 bridgehead atoms. The number of rotatable bonds is 6. The molecule has 0 radical (unpaired) electrons. The van der Waals surface area contributed by atoms with E-state index in [9.17, 15) is 13.2 Å². The Morgan fingerprint density at radius 1 is 1.36 bits per heavy atom. The minimum absolute atomic E-state index is 0.0268. The molecule has 1 amide bonds. The van der Waals surface area contributed by atoms with Gasteiger partial charge in [0.05, 0.1) is 17.3 Å². The number of aromatic nitrogens is 3. The van der Waals surface area contributed by atoms with Crippen LogP contribution in [-0.2, 0) is 28.1 Å². The molecule has 2 fully saturated rings. The van der Waals surface area contributed by atoms with Crippen LogP contribution >= 0.6 is 11.8 Å². The molecule has 7 nitrogen and oxygen atoms in total. The van der Waals surface area contributed by atoms with Crippen molar-refractivity contribution in [1.29, 1.82) is 0 Å². The van der Waals surface area contributed by atoms with Gasteiger partial charge in [-0.2, -0.15) is 0 Å². The molecule has 1 aromatic rings. The lowest BCUT2D eigenvalue weighted by atomic mass is 10.1. The maximum Gasteiger partial charge on any atom is 0.230 e. The Kier molecular flexibility index (Phi) is 4.44. The molecule has 3 rings (SSSR count). The van der Waals surface area contributed by atoms with E-state index in [1.54, 1.807) is 0 Å². The zero-order chi connectivity index (χ0) is 15.7. The monoisotopic (exact) mass is 344 g/mol. The summed E-state index contributed by atoms with van der Waals surface area (Å²) < 4.78 is 24.9. The molecule has 0 aromatic carbocycles. The van der Waals surface area contributed by atoms with Crippen LogP contribution in [0.4, 0.5) is 0 Å². The maximum absolute atomic E-state index is 11.7. The van der Waals surface area contributed by atoms with Crippen LogP contribution in [0.15, 0.2) is 5.16 Å². The first-order valence-electron chi connectivity index (χ1n) is 7.44. The minimum Gasteiger partial charge on any atom is -0.353 e. The van der Waals surface area contributed by atoms with E-state index in [1.807, 2.05) is 11.6 Å². The number of nitrogens with zero attached hydrogens (tertiary/aromatic N) is 3. The number of carbonyl (C=O) groups excluding carboxylic acids is 1. The lowest BCUT2D eigenvalue weighted by Gasteiger charge is -2.07. The van der Waals surface area contributed by atoms with Gasteiger partial charge in [-0.25, -0.2) is 8.42 Å². The third-order valence-electron chi connectivity index (χ3n) is 4.00. The van der Waals surface area contributed by atoms with Gasteiger partial charge in [0, 0.05) is 19.5 Å². The SMILES string of the molecule is Cn1c(C[C@@H]2CCS(=O)(=O)C2)nnc1SCC(=O)NC1CC1. The predicted octanol–water partition coefficient (Wildman–Crippen LogP) is 0.163.